The lowest BCUT2D eigenvalue weighted by atomic mass is 10.1. The van der Waals surface area contributed by atoms with E-state index in [0.29, 0.717) is 15.9 Å². The zero-order valence-electron chi connectivity index (χ0n) is 15.7. The molecule has 0 bridgehead atoms. The van der Waals surface area contributed by atoms with E-state index in [1.807, 2.05) is 31.2 Å². The van der Waals surface area contributed by atoms with E-state index in [4.69, 9.17) is 9.47 Å². The molecule has 1 heterocycles. The van der Waals surface area contributed by atoms with Gasteiger partial charge in [0.2, 0.25) is 5.06 Å². The van der Waals surface area contributed by atoms with Gasteiger partial charge in [0.1, 0.15) is 11.6 Å². The van der Waals surface area contributed by atoms with Crippen LogP contribution >= 0.6 is 11.3 Å². The predicted octanol–water partition coefficient (Wildman–Crippen LogP) is 5.45. The van der Waals surface area contributed by atoms with E-state index in [1.54, 1.807) is 26.3 Å². The Morgan fingerprint density at radius 2 is 2.04 bits per heavy atom. The number of benzene rings is 2. The average Bonchev–Trinajstić information content (AvgIpc) is 3.13. The van der Waals surface area contributed by atoms with Crippen molar-refractivity contribution < 1.29 is 18.7 Å². The molecule has 28 heavy (non-hydrogen) atoms. The maximum atomic E-state index is 13.2. The van der Waals surface area contributed by atoms with E-state index >= 15 is 0 Å². The molecule has 3 rings (SSSR count). The molecule has 0 fully saturated rings. The highest BCUT2D eigenvalue weighted by Crippen LogP contribution is 2.31. The van der Waals surface area contributed by atoms with Crippen molar-refractivity contribution in [3.05, 3.63) is 66.1 Å². The highest BCUT2D eigenvalue weighted by Gasteiger charge is 2.15. The minimum atomic E-state index is -0.387. The summed E-state index contributed by atoms with van der Waals surface area (Å²) in [4.78, 5) is 18.2. The van der Waals surface area contributed by atoms with Crippen molar-refractivity contribution in [1.29, 1.82) is 0 Å². The normalized spacial score (nSPS) is 11.7. The number of rotatable bonds is 6. The quantitative estimate of drug-likeness (QED) is 0.596. The number of thiazole rings is 1. The number of halogens is 1. The third-order valence-electron chi connectivity index (χ3n) is 4.10. The van der Waals surface area contributed by atoms with Crippen LogP contribution in [0.2, 0.25) is 0 Å². The molecule has 1 N–H and O–H groups in total. The van der Waals surface area contributed by atoms with E-state index in [1.165, 1.54) is 23.2 Å². The number of nitrogens with zero attached hydrogens (tertiary/aromatic N) is 2. The van der Waals surface area contributed by atoms with Crippen LogP contribution in [-0.2, 0) is 4.74 Å². The van der Waals surface area contributed by atoms with Crippen LogP contribution in [0.3, 0.4) is 0 Å². The number of methoxy groups -OCH3 is 1. The summed E-state index contributed by atoms with van der Waals surface area (Å²) >= 11 is 1.15. The number of anilines is 2. The summed E-state index contributed by atoms with van der Waals surface area (Å²) in [5.41, 5.74) is 1.70. The number of hydrogen-bond acceptors (Lipinski definition) is 5. The van der Waals surface area contributed by atoms with Crippen LogP contribution < -0.4 is 15.0 Å². The minimum absolute atomic E-state index is 0.0714. The average molecular weight is 401 g/mol. The first kappa shape index (κ1) is 19.8. The van der Waals surface area contributed by atoms with Crippen molar-refractivity contribution in [3.8, 4) is 10.8 Å². The van der Waals surface area contributed by atoms with Crippen LogP contribution in [0.1, 0.15) is 18.6 Å². The Balaban J connectivity index is 1.65. The zero-order valence-corrected chi connectivity index (χ0v) is 16.5. The Morgan fingerprint density at radius 1 is 1.25 bits per heavy atom. The van der Waals surface area contributed by atoms with E-state index in [-0.39, 0.29) is 18.0 Å². The summed E-state index contributed by atoms with van der Waals surface area (Å²) in [7, 11) is 3.31. The molecule has 1 atom stereocenters. The first-order chi connectivity index (χ1) is 13.5. The fourth-order valence-electron chi connectivity index (χ4n) is 2.43. The van der Waals surface area contributed by atoms with Gasteiger partial charge in [-0.25, -0.2) is 14.2 Å². The molecule has 0 aliphatic carbocycles. The van der Waals surface area contributed by atoms with Crippen LogP contribution in [0.4, 0.5) is 20.0 Å². The smallest absolute Gasteiger partial charge is 0.327 e. The summed E-state index contributed by atoms with van der Waals surface area (Å²) in [5.74, 6) is -0.0232. The third-order valence-corrected chi connectivity index (χ3v) is 4.89. The van der Waals surface area contributed by atoms with Crippen molar-refractivity contribution in [3.63, 3.8) is 0 Å². The fourth-order valence-corrected chi connectivity index (χ4v) is 3.10. The van der Waals surface area contributed by atoms with E-state index < -0.39 is 0 Å². The maximum Gasteiger partial charge on any atom is 0.327 e. The molecule has 1 aromatic heterocycles. The molecular formula is C20H20FN3O3S. The van der Waals surface area contributed by atoms with Crippen LogP contribution in [0.15, 0.2) is 54.7 Å². The summed E-state index contributed by atoms with van der Waals surface area (Å²) in [5, 5.41) is 3.55. The monoisotopic (exact) mass is 401 g/mol. The second-order valence-electron chi connectivity index (χ2n) is 6.01. The number of nitrogens with one attached hydrogen (secondary N) is 1. The predicted molar refractivity (Wildman–Crippen MR) is 108 cm³/mol. The van der Waals surface area contributed by atoms with Gasteiger partial charge in [0.15, 0.2) is 5.13 Å². The summed E-state index contributed by atoms with van der Waals surface area (Å²) in [6, 6.07) is 13.0. The minimum Gasteiger partial charge on any atom is -0.445 e. The lowest BCUT2D eigenvalue weighted by Gasteiger charge is -2.19. The number of aromatic nitrogens is 1. The number of ether oxygens (including phenoxy) is 2. The molecule has 2 amide bonds. The molecule has 0 aliphatic heterocycles. The van der Waals surface area contributed by atoms with Crippen LogP contribution in [-0.4, -0.2) is 25.2 Å². The molecule has 2 aromatic carbocycles. The van der Waals surface area contributed by atoms with Crippen molar-refractivity contribution in [2.45, 2.75) is 13.0 Å². The second kappa shape index (κ2) is 8.81. The highest BCUT2D eigenvalue weighted by molar-refractivity contribution is 7.17. The lowest BCUT2D eigenvalue weighted by Crippen LogP contribution is -2.31. The van der Waals surface area contributed by atoms with Crippen molar-refractivity contribution in [2.75, 3.05) is 24.4 Å². The molecule has 3 aromatic rings. The van der Waals surface area contributed by atoms with Gasteiger partial charge in [0.05, 0.1) is 12.3 Å². The summed E-state index contributed by atoms with van der Waals surface area (Å²) in [6.45, 7) is 1.94. The van der Waals surface area contributed by atoms with Gasteiger partial charge in [-0.2, -0.15) is 0 Å². The number of carbonyl (C=O) groups is 1. The number of hydrogen-bond donors (Lipinski definition) is 1. The van der Waals surface area contributed by atoms with Gasteiger partial charge in [0.25, 0.3) is 0 Å². The molecule has 0 saturated heterocycles. The highest BCUT2D eigenvalue weighted by atomic mass is 32.1. The maximum absolute atomic E-state index is 13.2. The standard InChI is InChI=1S/C20H20FN3O3S/c1-13(26-3)14-6-4-8-16(10-14)24(2)20(25)23-19-22-12-18(28-19)27-17-9-5-7-15(21)11-17/h4-13H,1-3H3,(H,22,23,25). The Hall–Kier alpha value is -2.97. The van der Waals surface area contributed by atoms with Crippen molar-refractivity contribution >= 4 is 28.2 Å². The molecule has 1 unspecified atom stereocenters. The third kappa shape index (κ3) is 4.85. The Morgan fingerprint density at radius 3 is 2.79 bits per heavy atom. The van der Waals surface area contributed by atoms with E-state index in [9.17, 15) is 9.18 Å². The van der Waals surface area contributed by atoms with Gasteiger partial charge in [-0.05, 0) is 36.8 Å². The first-order valence-electron chi connectivity index (χ1n) is 8.53. The lowest BCUT2D eigenvalue weighted by molar-refractivity contribution is 0.119. The van der Waals surface area contributed by atoms with Crippen LogP contribution in [0, 0.1) is 5.82 Å². The Bertz CT molecular complexity index is 963. The molecule has 8 heteroatoms. The van der Waals surface area contributed by atoms with Crippen molar-refractivity contribution in [1.82, 2.24) is 4.98 Å². The van der Waals surface area contributed by atoms with Gasteiger partial charge >= 0.3 is 6.03 Å². The van der Waals surface area contributed by atoms with E-state index in [0.717, 1.165) is 22.6 Å². The molecule has 146 valence electrons. The van der Waals surface area contributed by atoms with Crippen molar-refractivity contribution in [2.24, 2.45) is 0 Å². The number of urea groups is 1. The van der Waals surface area contributed by atoms with E-state index in [2.05, 4.69) is 10.3 Å². The molecule has 0 radical (unpaired) electrons. The van der Waals surface area contributed by atoms with Crippen LogP contribution in [0.25, 0.3) is 0 Å². The van der Waals surface area contributed by atoms with Gasteiger partial charge in [0, 0.05) is 25.9 Å². The van der Waals surface area contributed by atoms with Gasteiger partial charge in [-0.1, -0.05) is 29.5 Å². The molecule has 0 spiro atoms. The molecule has 6 nitrogen and oxygen atoms in total. The Kier molecular flexibility index (Phi) is 6.23. The SMILES string of the molecule is COC(C)c1cccc(N(C)C(=O)Nc2ncc(Oc3cccc(F)c3)s2)c1. The second-order valence-corrected chi connectivity index (χ2v) is 7.00. The zero-order chi connectivity index (χ0) is 20.1. The van der Waals surface area contributed by atoms with Crippen LogP contribution in [0.5, 0.6) is 10.8 Å². The topological polar surface area (TPSA) is 63.7 Å². The van der Waals surface area contributed by atoms with Gasteiger partial charge in [-0.15, -0.1) is 0 Å². The summed E-state index contributed by atoms with van der Waals surface area (Å²) < 4.78 is 24.1. The Labute approximate surface area is 166 Å². The molecule has 0 aliphatic rings. The largest absolute Gasteiger partial charge is 0.445 e. The fraction of sp³-hybridized carbons (Fsp3) is 0.200. The molecule has 0 saturated carbocycles. The molecular weight excluding hydrogens is 381 g/mol. The number of carbonyl (C=O) groups excluding carboxylic acids is 1. The number of amides is 2. The van der Waals surface area contributed by atoms with Gasteiger partial charge in [-0.3, -0.25) is 10.2 Å². The first-order valence-corrected chi connectivity index (χ1v) is 9.34. The van der Waals surface area contributed by atoms with Gasteiger partial charge < -0.3 is 9.47 Å². The summed E-state index contributed by atoms with van der Waals surface area (Å²) in [6.07, 6.45) is 1.41.